The molecule has 1 unspecified atom stereocenters. The summed E-state index contributed by atoms with van der Waals surface area (Å²) in [5.41, 5.74) is 2.10. The molecule has 1 amide bonds. The van der Waals surface area contributed by atoms with Gasteiger partial charge in [-0.15, -0.1) is 0 Å². The number of rotatable bonds is 7. The molecule has 0 fully saturated rings. The van der Waals surface area contributed by atoms with Gasteiger partial charge >= 0.3 is 6.09 Å². The quantitative estimate of drug-likeness (QED) is 0.504. The third-order valence-corrected chi connectivity index (χ3v) is 5.18. The Balaban J connectivity index is 2.01. The molecule has 0 aliphatic heterocycles. The molecular weight excluding hydrogens is 396 g/mol. The summed E-state index contributed by atoms with van der Waals surface area (Å²) in [4.78, 5) is 27.5. The SMILES string of the molecule is COc1ccc(Cn2cc(-c3nc(NC(=O)O)sc3C(C)=O)c(C(C)O)n2)cc1. The second kappa shape index (κ2) is 8.41. The molecule has 0 aliphatic rings. The van der Waals surface area contributed by atoms with Gasteiger partial charge in [0.1, 0.15) is 11.4 Å². The minimum atomic E-state index is -1.27. The average molecular weight is 416 g/mol. The van der Waals surface area contributed by atoms with E-state index in [4.69, 9.17) is 9.84 Å². The molecule has 0 saturated carbocycles. The number of methoxy groups -OCH3 is 1. The highest BCUT2D eigenvalue weighted by Crippen LogP contribution is 2.35. The van der Waals surface area contributed by atoms with E-state index in [1.165, 1.54) is 6.92 Å². The Morgan fingerprint density at radius 1 is 1.31 bits per heavy atom. The number of aliphatic hydroxyl groups excluding tert-OH is 1. The predicted octanol–water partition coefficient (Wildman–Crippen LogP) is 3.41. The first kappa shape index (κ1) is 20.5. The molecule has 29 heavy (non-hydrogen) atoms. The van der Waals surface area contributed by atoms with Crippen LogP contribution in [0.5, 0.6) is 5.75 Å². The zero-order chi connectivity index (χ0) is 21.1. The number of nitrogens with zero attached hydrogens (tertiary/aromatic N) is 3. The number of aromatic nitrogens is 3. The van der Waals surface area contributed by atoms with Crippen molar-refractivity contribution in [2.75, 3.05) is 12.4 Å². The Hall–Kier alpha value is -3.24. The first-order valence-corrected chi connectivity index (χ1v) is 9.50. The second-order valence-corrected chi connectivity index (χ2v) is 7.33. The Labute approximate surface area is 170 Å². The Bertz CT molecular complexity index is 1040. The lowest BCUT2D eigenvalue weighted by atomic mass is 10.1. The van der Waals surface area contributed by atoms with E-state index in [0.29, 0.717) is 28.4 Å². The molecule has 3 N–H and O–H groups in total. The van der Waals surface area contributed by atoms with Crippen LogP contribution < -0.4 is 10.1 Å². The molecule has 0 bridgehead atoms. The van der Waals surface area contributed by atoms with E-state index in [2.05, 4.69) is 15.4 Å². The number of carboxylic acid groups (broad SMARTS) is 1. The van der Waals surface area contributed by atoms with E-state index in [1.807, 2.05) is 24.3 Å². The normalized spacial score (nSPS) is 11.9. The highest BCUT2D eigenvalue weighted by atomic mass is 32.1. The minimum Gasteiger partial charge on any atom is -0.497 e. The average Bonchev–Trinajstić information content (AvgIpc) is 3.26. The second-order valence-electron chi connectivity index (χ2n) is 6.33. The van der Waals surface area contributed by atoms with E-state index in [0.717, 1.165) is 22.6 Å². The highest BCUT2D eigenvalue weighted by Gasteiger charge is 2.24. The van der Waals surface area contributed by atoms with Gasteiger partial charge in [0, 0.05) is 18.7 Å². The van der Waals surface area contributed by atoms with Crippen LogP contribution in [0.2, 0.25) is 0 Å². The van der Waals surface area contributed by atoms with Gasteiger partial charge in [-0.25, -0.2) is 9.78 Å². The van der Waals surface area contributed by atoms with Crippen LogP contribution in [0.1, 0.15) is 40.9 Å². The molecule has 3 aromatic rings. The number of benzene rings is 1. The van der Waals surface area contributed by atoms with Crippen molar-refractivity contribution in [3.05, 3.63) is 46.6 Å². The Morgan fingerprint density at radius 2 is 2.00 bits per heavy atom. The number of nitrogens with one attached hydrogen (secondary N) is 1. The fourth-order valence-corrected chi connectivity index (χ4v) is 3.68. The van der Waals surface area contributed by atoms with Gasteiger partial charge < -0.3 is 14.9 Å². The van der Waals surface area contributed by atoms with E-state index in [-0.39, 0.29) is 10.9 Å². The fourth-order valence-electron chi connectivity index (χ4n) is 2.81. The number of carbonyl (C=O) groups excluding carboxylic acids is 1. The van der Waals surface area contributed by atoms with Crippen molar-refractivity contribution in [1.82, 2.24) is 14.8 Å². The number of Topliss-reactive ketones (excluding diaryl/α,β-unsaturated/α-hetero) is 1. The van der Waals surface area contributed by atoms with Crippen LogP contribution in [0, 0.1) is 0 Å². The smallest absolute Gasteiger partial charge is 0.410 e. The number of aliphatic hydroxyl groups is 1. The zero-order valence-electron chi connectivity index (χ0n) is 16.0. The van der Waals surface area contributed by atoms with Gasteiger partial charge in [0.15, 0.2) is 10.9 Å². The third kappa shape index (κ3) is 4.61. The van der Waals surface area contributed by atoms with Crippen LogP contribution in [0.4, 0.5) is 9.93 Å². The number of thiazole rings is 1. The largest absolute Gasteiger partial charge is 0.497 e. The molecule has 2 aromatic heterocycles. The molecule has 2 heterocycles. The molecule has 1 aromatic carbocycles. The lowest BCUT2D eigenvalue weighted by Crippen LogP contribution is -2.06. The van der Waals surface area contributed by atoms with Gasteiger partial charge in [-0.05, 0) is 24.6 Å². The van der Waals surface area contributed by atoms with E-state index >= 15 is 0 Å². The minimum absolute atomic E-state index is 0.0807. The van der Waals surface area contributed by atoms with Crippen LogP contribution in [-0.2, 0) is 6.54 Å². The molecule has 1 atom stereocenters. The monoisotopic (exact) mass is 416 g/mol. The molecule has 0 aliphatic carbocycles. The lowest BCUT2D eigenvalue weighted by Gasteiger charge is -2.04. The van der Waals surface area contributed by atoms with Gasteiger partial charge in [-0.1, -0.05) is 23.5 Å². The van der Waals surface area contributed by atoms with Crippen LogP contribution >= 0.6 is 11.3 Å². The molecule has 0 saturated heterocycles. The molecule has 152 valence electrons. The van der Waals surface area contributed by atoms with Gasteiger partial charge in [0.25, 0.3) is 0 Å². The summed E-state index contributed by atoms with van der Waals surface area (Å²) in [5.74, 6) is 0.488. The van der Waals surface area contributed by atoms with Gasteiger partial charge in [-0.3, -0.25) is 14.8 Å². The van der Waals surface area contributed by atoms with Crippen molar-refractivity contribution < 1.29 is 24.5 Å². The van der Waals surface area contributed by atoms with Crippen LogP contribution in [0.25, 0.3) is 11.3 Å². The molecule has 0 radical (unpaired) electrons. The Morgan fingerprint density at radius 3 is 2.55 bits per heavy atom. The van der Waals surface area contributed by atoms with Crippen molar-refractivity contribution in [3.8, 4) is 17.0 Å². The van der Waals surface area contributed by atoms with Crippen LogP contribution in [0.15, 0.2) is 30.5 Å². The summed E-state index contributed by atoms with van der Waals surface area (Å²) in [6, 6.07) is 7.49. The van der Waals surface area contributed by atoms with Crippen molar-refractivity contribution in [1.29, 1.82) is 0 Å². The molecule has 10 heteroatoms. The van der Waals surface area contributed by atoms with Crippen LogP contribution in [-0.4, -0.2) is 44.0 Å². The molecule has 3 rings (SSSR count). The van der Waals surface area contributed by atoms with Crippen LogP contribution in [0.3, 0.4) is 0 Å². The van der Waals surface area contributed by atoms with E-state index < -0.39 is 12.2 Å². The summed E-state index contributed by atoms with van der Waals surface area (Å²) < 4.78 is 6.80. The number of hydrogen-bond acceptors (Lipinski definition) is 7. The van der Waals surface area contributed by atoms with Crippen molar-refractivity contribution in [3.63, 3.8) is 0 Å². The Kier molecular flexibility index (Phi) is 5.95. The van der Waals surface area contributed by atoms with Gasteiger partial charge in [0.2, 0.25) is 0 Å². The maximum absolute atomic E-state index is 12.1. The van der Waals surface area contributed by atoms with E-state index in [9.17, 15) is 14.7 Å². The van der Waals surface area contributed by atoms with Gasteiger partial charge in [0.05, 0.1) is 30.3 Å². The molecule has 0 spiro atoms. The number of amides is 1. The number of ketones is 1. The third-order valence-electron chi connectivity index (χ3n) is 4.11. The lowest BCUT2D eigenvalue weighted by molar-refractivity contribution is 0.102. The first-order valence-electron chi connectivity index (χ1n) is 8.69. The summed E-state index contributed by atoms with van der Waals surface area (Å²) in [6.45, 7) is 3.38. The first-order chi connectivity index (χ1) is 13.8. The number of hydrogen-bond donors (Lipinski definition) is 3. The van der Waals surface area contributed by atoms with Crippen molar-refractivity contribution in [2.45, 2.75) is 26.5 Å². The van der Waals surface area contributed by atoms with Crippen molar-refractivity contribution >= 4 is 28.3 Å². The standard InChI is InChI=1S/C19H20N4O5S/c1-10(24)15-14(16-17(11(2)25)29-18(20-16)21-19(26)27)9-23(22-15)8-12-4-6-13(28-3)7-5-12/h4-7,9-10,24H,8H2,1-3H3,(H,20,21)(H,26,27). The number of carbonyl (C=O) groups is 2. The molecule has 9 nitrogen and oxygen atoms in total. The topological polar surface area (TPSA) is 127 Å². The summed E-state index contributed by atoms with van der Waals surface area (Å²) in [6.07, 6.45) is -0.482. The summed E-state index contributed by atoms with van der Waals surface area (Å²) in [5, 5.41) is 25.8. The summed E-state index contributed by atoms with van der Waals surface area (Å²) >= 11 is 0.943. The number of ether oxygens (including phenoxy) is 1. The fraction of sp³-hybridized carbons (Fsp3) is 0.263. The maximum Gasteiger partial charge on any atom is 0.410 e. The predicted molar refractivity (Wildman–Crippen MR) is 108 cm³/mol. The number of anilines is 1. The maximum atomic E-state index is 12.1. The highest BCUT2D eigenvalue weighted by molar-refractivity contribution is 7.18. The van der Waals surface area contributed by atoms with E-state index in [1.54, 1.807) is 24.9 Å². The summed E-state index contributed by atoms with van der Waals surface area (Å²) in [7, 11) is 1.59. The van der Waals surface area contributed by atoms with Crippen molar-refractivity contribution in [2.24, 2.45) is 0 Å². The zero-order valence-corrected chi connectivity index (χ0v) is 16.9. The molecular formula is C19H20N4O5S. The van der Waals surface area contributed by atoms with Gasteiger partial charge in [-0.2, -0.15) is 5.10 Å².